The van der Waals surface area contributed by atoms with E-state index in [1.165, 1.54) is 141 Å². The minimum Gasteiger partial charge on any atom is -0.467 e. The molecule has 0 saturated heterocycles. The number of hydrogen-bond acceptors (Lipinski definition) is 1. The van der Waals surface area contributed by atoms with E-state index in [2.05, 4.69) is 40.9 Å². The normalized spacial score (nSPS) is 10.5. The maximum atomic E-state index is 5.78. The Morgan fingerprint density at radius 3 is 0.818 bits per heavy atom. The van der Waals surface area contributed by atoms with Crippen molar-refractivity contribution in [3.05, 3.63) is 24.7 Å². The Hall–Kier alpha value is -0.720. The molecule has 0 spiro atoms. The summed E-state index contributed by atoms with van der Waals surface area (Å²) < 4.78 is 5.78. The molecule has 0 aromatic carbocycles. The van der Waals surface area contributed by atoms with Crippen molar-refractivity contribution in [1.82, 2.24) is 0 Å². The first-order chi connectivity index (χ1) is 16.1. The molecule has 0 rings (SSSR count). The molecule has 0 fully saturated rings. The lowest BCUT2D eigenvalue weighted by atomic mass is 10.1. The molecule has 1 heteroatoms. The Morgan fingerprint density at radius 1 is 0.364 bits per heavy atom. The van der Waals surface area contributed by atoms with Gasteiger partial charge in [0.2, 0.25) is 0 Å². The molecular weight excluding hydrogens is 400 g/mol. The number of allylic oxidation sites excluding steroid dienone is 2. The van der Waals surface area contributed by atoms with Crippen molar-refractivity contribution in [2.24, 2.45) is 0 Å². The summed E-state index contributed by atoms with van der Waals surface area (Å²) in [5.41, 5.74) is 0. The van der Waals surface area contributed by atoms with Crippen LogP contribution in [0.5, 0.6) is 0 Å². The summed E-state index contributed by atoms with van der Waals surface area (Å²) >= 11 is 0. The molecule has 0 aromatic rings. The van der Waals surface area contributed by atoms with E-state index in [-0.39, 0.29) is 0 Å². The largest absolute Gasteiger partial charge is 0.467 e. The Balaban J connectivity index is 0. The second kappa shape index (κ2) is 31.3. The summed E-state index contributed by atoms with van der Waals surface area (Å²) in [6, 6.07) is 0. The van der Waals surface area contributed by atoms with Gasteiger partial charge in [0, 0.05) is 12.8 Å². The van der Waals surface area contributed by atoms with E-state index >= 15 is 0 Å². The average molecular weight is 465 g/mol. The molecule has 0 aliphatic rings. The zero-order valence-corrected chi connectivity index (χ0v) is 23.8. The Kier molecular flexibility index (Phi) is 32.7. The SMILES string of the molecule is C=C(CCCCCCCCCC)OC(=C)CCCCCCCCCC.CCCCCCCC. The van der Waals surface area contributed by atoms with Crippen molar-refractivity contribution in [2.75, 3.05) is 0 Å². The predicted octanol–water partition coefficient (Wildman–Crippen LogP) is 12.5. The summed E-state index contributed by atoms with van der Waals surface area (Å²) in [6.07, 6.45) is 32.1. The van der Waals surface area contributed by atoms with Crippen LogP contribution in [-0.2, 0) is 4.74 Å². The highest BCUT2D eigenvalue weighted by molar-refractivity contribution is 4.93. The molecule has 0 aliphatic heterocycles. The lowest BCUT2D eigenvalue weighted by molar-refractivity contribution is 0.274. The Bertz CT molecular complexity index is 348. The van der Waals surface area contributed by atoms with Gasteiger partial charge in [0.15, 0.2) is 0 Å². The molecule has 0 bridgehead atoms. The fourth-order valence-electron chi connectivity index (χ4n) is 4.07. The first kappa shape index (κ1) is 34.4. The van der Waals surface area contributed by atoms with Gasteiger partial charge in [0.25, 0.3) is 0 Å². The van der Waals surface area contributed by atoms with E-state index < -0.39 is 0 Å². The maximum absolute atomic E-state index is 5.78. The molecule has 1 nitrogen and oxygen atoms in total. The number of rotatable bonds is 25. The Labute approximate surface area is 211 Å². The lowest BCUT2D eigenvalue weighted by Crippen LogP contribution is -1.93. The molecule has 0 heterocycles. The van der Waals surface area contributed by atoms with E-state index in [1.807, 2.05) is 0 Å². The zero-order valence-electron chi connectivity index (χ0n) is 23.8. The third-order valence-corrected chi connectivity index (χ3v) is 6.36. The molecule has 0 aliphatic carbocycles. The monoisotopic (exact) mass is 464 g/mol. The third kappa shape index (κ3) is 33.5. The van der Waals surface area contributed by atoms with Gasteiger partial charge in [-0.15, -0.1) is 0 Å². The molecule has 33 heavy (non-hydrogen) atoms. The van der Waals surface area contributed by atoms with Crippen molar-refractivity contribution < 1.29 is 4.74 Å². The summed E-state index contributed by atoms with van der Waals surface area (Å²) in [5.74, 6) is 1.83. The van der Waals surface area contributed by atoms with E-state index in [4.69, 9.17) is 4.74 Å². The highest BCUT2D eigenvalue weighted by atomic mass is 16.5. The molecule has 0 saturated carbocycles. The van der Waals surface area contributed by atoms with Crippen LogP contribution in [0.15, 0.2) is 24.7 Å². The second-order valence-corrected chi connectivity index (χ2v) is 10.0. The van der Waals surface area contributed by atoms with Crippen LogP contribution in [0.4, 0.5) is 0 Å². The quantitative estimate of drug-likeness (QED) is 0.0963. The van der Waals surface area contributed by atoms with Gasteiger partial charge in [-0.05, 0) is 12.8 Å². The summed E-state index contributed by atoms with van der Waals surface area (Å²) in [4.78, 5) is 0. The summed E-state index contributed by atoms with van der Waals surface area (Å²) in [5, 5.41) is 0. The molecule has 198 valence electrons. The number of hydrogen-bond donors (Lipinski definition) is 0. The van der Waals surface area contributed by atoms with Gasteiger partial charge in [0.05, 0.1) is 11.5 Å². The van der Waals surface area contributed by atoms with Crippen LogP contribution >= 0.6 is 0 Å². The molecule has 0 N–H and O–H groups in total. The van der Waals surface area contributed by atoms with Crippen LogP contribution in [-0.4, -0.2) is 0 Å². The third-order valence-electron chi connectivity index (χ3n) is 6.36. The molecular formula is C32H64O. The lowest BCUT2D eigenvalue weighted by Gasteiger charge is -2.11. The van der Waals surface area contributed by atoms with Gasteiger partial charge in [-0.1, -0.05) is 169 Å². The van der Waals surface area contributed by atoms with Crippen molar-refractivity contribution in [3.8, 4) is 0 Å². The van der Waals surface area contributed by atoms with Crippen molar-refractivity contribution >= 4 is 0 Å². The maximum Gasteiger partial charge on any atom is 0.0964 e. The second-order valence-electron chi connectivity index (χ2n) is 10.0. The minimum atomic E-state index is 0.913. The molecule has 0 amide bonds. The molecule has 0 aromatic heterocycles. The first-order valence-electron chi connectivity index (χ1n) is 15.2. The van der Waals surface area contributed by atoms with E-state index in [0.29, 0.717) is 0 Å². The fourth-order valence-corrected chi connectivity index (χ4v) is 4.07. The van der Waals surface area contributed by atoms with Gasteiger partial charge in [-0.25, -0.2) is 0 Å². The van der Waals surface area contributed by atoms with Gasteiger partial charge < -0.3 is 4.74 Å². The Morgan fingerprint density at radius 2 is 0.576 bits per heavy atom. The van der Waals surface area contributed by atoms with Gasteiger partial charge >= 0.3 is 0 Å². The van der Waals surface area contributed by atoms with Crippen LogP contribution in [0.3, 0.4) is 0 Å². The van der Waals surface area contributed by atoms with Crippen LogP contribution in [0.25, 0.3) is 0 Å². The van der Waals surface area contributed by atoms with Gasteiger partial charge in [-0.3, -0.25) is 0 Å². The number of unbranched alkanes of at least 4 members (excludes halogenated alkanes) is 19. The van der Waals surface area contributed by atoms with E-state index in [0.717, 1.165) is 24.4 Å². The number of ether oxygens (including phenoxy) is 1. The molecule has 0 unspecified atom stereocenters. The molecule has 0 atom stereocenters. The smallest absolute Gasteiger partial charge is 0.0964 e. The predicted molar refractivity (Wildman–Crippen MR) is 153 cm³/mol. The minimum absolute atomic E-state index is 0.913. The summed E-state index contributed by atoms with van der Waals surface area (Å²) in [6.45, 7) is 17.2. The molecule has 0 radical (unpaired) electrons. The van der Waals surface area contributed by atoms with Gasteiger partial charge in [-0.2, -0.15) is 0 Å². The van der Waals surface area contributed by atoms with Crippen LogP contribution in [0.2, 0.25) is 0 Å². The average Bonchev–Trinajstić information content (AvgIpc) is 2.80. The highest BCUT2D eigenvalue weighted by Crippen LogP contribution is 2.18. The highest BCUT2D eigenvalue weighted by Gasteiger charge is 2.01. The van der Waals surface area contributed by atoms with Crippen molar-refractivity contribution in [3.63, 3.8) is 0 Å². The van der Waals surface area contributed by atoms with Crippen molar-refractivity contribution in [1.29, 1.82) is 0 Å². The van der Waals surface area contributed by atoms with Crippen LogP contribution < -0.4 is 0 Å². The first-order valence-corrected chi connectivity index (χ1v) is 15.2. The zero-order chi connectivity index (χ0) is 24.8. The van der Waals surface area contributed by atoms with Gasteiger partial charge in [0.1, 0.15) is 0 Å². The summed E-state index contributed by atoms with van der Waals surface area (Å²) in [7, 11) is 0. The standard InChI is InChI=1S/C24H46O.C8H18/c1-5-7-9-11-13-15-17-19-21-23(3)25-24(4)22-20-18-16-14-12-10-8-6-2;1-3-5-7-8-6-4-2/h3-22H2,1-2H3;3-8H2,1-2H3. The van der Waals surface area contributed by atoms with Crippen LogP contribution in [0, 0.1) is 0 Å². The van der Waals surface area contributed by atoms with Crippen molar-refractivity contribution in [2.45, 2.75) is 182 Å². The van der Waals surface area contributed by atoms with E-state index in [9.17, 15) is 0 Å². The van der Waals surface area contributed by atoms with Crippen LogP contribution in [0.1, 0.15) is 182 Å². The topological polar surface area (TPSA) is 9.23 Å². The van der Waals surface area contributed by atoms with E-state index in [1.54, 1.807) is 0 Å². The fraction of sp³-hybridized carbons (Fsp3) is 0.875.